The number of benzene rings is 1. The molecule has 1 aromatic carbocycles. The van der Waals surface area contributed by atoms with Crippen LogP contribution in [0.1, 0.15) is 50.5 Å². The molecule has 0 heterocycles. The minimum Gasteiger partial charge on any atom is -0.375 e. The van der Waals surface area contributed by atoms with Crippen LogP contribution in [0.2, 0.25) is 0 Å². The molecular weight excluding hydrogens is 274 g/mol. The van der Waals surface area contributed by atoms with Gasteiger partial charge in [0.05, 0.1) is 4.99 Å². The van der Waals surface area contributed by atoms with Crippen molar-refractivity contribution in [3.05, 3.63) is 35.9 Å². The summed E-state index contributed by atoms with van der Waals surface area (Å²) in [5, 5.41) is 3.61. The molecule has 1 N–H and O–H groups in total. The summed E-state index contributed by atoms with van der Waals surface area (Å²) in [6, 6.07) is 10.7. The van der Waals surface area contributed by atoms with E-state index in [9.17, 15) is 0 Å². The van der Waals surface area contributed by atoms with Gasteiger partial charge in [0, 0.05) is 12.0 Å². The predicted molar refractivity (Wildman–Crippen MR) is 91.1 cm³/mol. The minimum absolute atomic E-state index is 0.336. The second-order valence-electron chi connectivity index (χ2n) is 7.70. The average molecular weight is 299 g/mol. The maximum Gasteiger partial charge on any atom is 0.0818 e. The molecule has 5 rings (SSSR count). The molecule has 2 heteroatoms. The van der Waals surface area contributed by atoms with Gasteiger partial charge in [-0.2, -0.15) is 0 Å². The van der Waals surface area contributed by atoms with Crippen molar-refractivity contribution in [3.63, 3.8) is 0 Å². The Morgan fingerprint density at radius 1 is 1.05 bits per heavy atom. The van der Waals surface area contributed by atoms with Crippen molar-refractivity contribution in [2.75, 3.05) is 0 Å². The molecule has 0 amide bonds. The van der Waals surface area contributed by atoms with Gasteiger partial charge in [0.25, 0.3) is 0 Å². The van der Waals surface area contributed by atoms with Crippen LogP contribution in [0.25, 0.3) is 0 Å². The van der Waals surface area contributed by atoms with Crippen LogP contribution in [0.15, 0.2) is 30.3 Å². The highest BCUT2D eigenvalue weighted by atomic mass is 32.1. The monoisotopic (exact) mass is 299 g/mol. The zero-order valence-corrected chi connectivity index (χ0v) is 13.5. The average Bonchev–Trinajstić information content (AvgIpc) is 2.71. The number of thiocarbonyl (C=S) groups is 1. The molecule has 0 aromatic heterocycles. The highest BCUT2D eigenvalue weighted by Crippen LogP contribution is 2.57. The summed E-state index contributed by atoms with van der Waals surface area (Å²) < 4.78 is 0. The third-order valence-electron chi connectivity index (χ3n) is 6.17. The van der Waals surface area contributed by atoms with E-state index in [4.69, 9.17) is 12.2 Å². The van der Waals surface area contributed by atoms with E-state index in [0.717, 1.165) is 24.3 Å². The van der Waals surface area contributed by atoms with Gasteiger partial charge < -0.3 is 5.32 Å². The molecule has 0 aliphatic heterocycles. The Morgan fingerprint density at radius 2 is 1.71 bits per heavy atom. The number of hydrogen-bond acceptors (Lipinski definition) is 1. The number of rotatable bonds is 3. The van der Waals surface area contributed by atoms with Crippen molar-refractivity contribution < 1.29 is 0 Å². The van der Waals surface area contributed by atoms with Crippen molar-refractivity contribution in [2.24, 2.45) is 23.2 Å². The Labute approximate surface area is 133 Å². The third kappa shape index (κ3) is 2.63. The van der Waals surface area contributed by atoms with Crippen LogP contribution in [0.5, 0.6) is 0 Å². The van der Waals surface area contributed by atoms with Gasteiger partial charge in [-0.1, -0.05) is 42.5 Å². The Morgan fingerprint density at radius 3 is 2.43 bits per heavy atom. The molecular formula is C19H25NS. The SMILES string of the molecule is S=C(NCc1ccccc1)C12CCC3C[C@H](C[C@@H](C3)C1)C2. The van der Waals surface area contributed by atoms with Crippen LogP contribution >= 0.6 is 12.2 Å². The van der Waals surface area contributed by atoms with E-state index in [1.54, 1.807) is 0 Å². The summed E-state index contributed by atoms with van der Waals surface area (Å²) in [5.74, 6) is 2.93. The highest BCUT2D eigenvalue weighted by Gasteiger charge is 2.49. The van der Waals surface area contributed by atoms with Crippen LogP contribution < -0.4 is 5.32 Å². The molecule has 0 saturated heterocycles. The lowest BCUT2D eigenvalue weighted by atomic mass is 9.61. The van der Waals surface area contributed by atoms with Crippen LogP contribution in [-0.2, 0) is 6.54 Å². The summed E-state index contributed by atoms with van der Waals surface area (Å²) in [6.07, 6.45) is 9.94. The van der Waals surface area contributed by atoms with Gasteiger partial charge in [-0.3, -0.25) is 0 Å². The molecule has 1 aromatic rings. The Bertz CT molecular complexity index is 510. The van der Waals surface area contributed by atoms with Gasteiger partial charge in [0.15, 0.2) is 0 Å². The van der Waals surface area contributed by atoms with Gasteiger partial charge in [-0.15, -0.1) is 0 Å². The highest BCUT2D eigenvalue weighted by molar-refractivity contribution is 7.80. The number of nitrogens with one attached hydrogen (secondary N) is 1. The fourth-order valence-electron chi connectivity index (χ4n) is 5.41. The Kier molecular flexibility index (Phi) is 3.53. The smallest absolute Gasteiger partial charge is 0.0818 e. The van der Waals surface area contributed by atoms with Gasteiger partial charge in [-0.25, -0.2) is 0 Å². The second-order valence-corrected chi connectivity index (χ2v) is 8.11. The standard InChI is InChI=1S/C19H25NS/c21-18(20-13-14-4-2-1-3-5-14)19-7-6-15-8-16(11-19)10-17(9-15)12-19/h1-5,15-17H,6-13H2,(H,20,21)/t15?,16-,17-,19?/m1/s1. The molecule has 0 unspecified atom stereocenters. The van der Waals surface area contributed by atoms with Gasteiger partial charge in [0.1, 0.15) is 0 Å². The fraction of sp³-hybridized carbons (Fsp3) is 0.632. The molecule has 0 spiro atoms. The van der Waals surface area contributed by atoms with Gasteiger partial charge >= 0.3 is 0 Å². The Balaban J connectivity index is 1.48. The van der Waals surface area contributed by atoms with Crippen LogP contribution in [0, 0.1) is 23.2 Å². The van der Waals surface area contributed by atoms with Crippen molar-refractivity contribution in [2.45, 2.75) is 51.5 Å². The first-order valence-corrected chi connectivity index (χ1v) is 8.97. The molecule has 2 atom stereocenters. The third-order valence-corrected chi connectivity index (χ3v) is 6.74. The fourth-order valence-corrected chi connectivity index (χ4v) is 5.75. The largest absolute Gasteiger partial charge is 0.375 e. The maximum absolute atomic E-state index is 5.89. The van der Waals surface area contributed by atoms with E-state index < -0.39 is 0 Å². The minimum atomic E-state index is 0.336. The van der Waals surface area contributed by atoms with Crippen LogP contribution in [-0.4, -0.2) is 4.99 Å². The van der Waals surface area contributed by atoms with E-state index in [-0.39, 0.29) is 0 Å². The van der Waals surface area contributed by atoms with Crippen LogP contribution in [0.4, 0.5) is 0 Å². The first kappa shape index (κ1) is 13.8. The number of fused-ring (bicyclic) bond motifs is 1. The van der Waals surface area contributed by atoms with E-state index in [1.807, 2.05) is 0 Å². The molecule has 4 saturated carbocycles. The molecule has 21 heavy (non-hydrogen) atoms. The van der Waals surface area contributed by atoms with Crippen LogP contribution in [0.3, 0.4) is 0 Å². The normalized spacial score (nSPS) is 37.2. The predicted octanol–water partition coefficient (Wildman–Crippen LogP) is 4.71. The Hall–Kier alpha value is -0.890. The first-order valence-electron chi connectivity index (χ1n) is 8.56. The van der Waals surface area contributed by atoms with Crippen molar-refractivity contribution in [3.8, 4) is 0 Å². The molecule has 4 aliphatic carbocycles. The van der Waals surface area contributed by atoms with Crippen molar-refractivity contribution in [1.82, 2.24) is 5.32 Å². The molecule has 4 fully saturated rings. The molecule has 112 valence electrons. The lowest BCUT2D eigenvalue weighted by Gasteiger charge is -2.45. The van der Waals surface area contributed by atoms with E-state index in [2.05, 4.69) is 35.6 Å². The van der Waals surface area contributed by atoms with E-state index >= 15 is 0 Å². The van der Waals surface area contributed by atoms with E-state index in [1.165, 1.54) is 55.5 Å². The molecule has 4 bridgehead atoms. The first-order chi connectivity index (χ1) is 10.2. The summed E-state index contributed by atoms with van der Waals surface area (Å²) >= 11 is 5.89. The lowest BCUT2D eigenvalue weighted by molar-refractivity contribution is 0.107. The van der Waals surface area contributed by atoms with Crippen molar-refractivity contribution in [1.29, 1.82) is 0 Å². The number of hydrogen-bond donors (Lipinski definition) is 1. The molecule has 0 radical (unpaired) electrons. The second kappa shape index (κ2) is 5.39. The molecule has 4 aliphatic rings. The zero-order valence-electron chi connectivity index (χ0n) is 12.7. The van der Waals surface area contributed by atoms with Crippen molar-refractivity contribution >= 4 is 17.2 Å². The van der Waals surface area contributed by atoms with Gasteiger partial charge in [-0.05, 0) is 68.3 Å². The lowest BCUT2D eigenvalue weighted by Crippen LogP contribution is -2.44. The topological polar surface area (TPSA) is 12.0 Å². The van der Waals surface area contributed by atoms with E-state index in [0.29, 0.717) is 5.41 Å². The zero-order chi connectivity index (χ0) is 14.3. The maximum atomic E-state index is 5.89. The quantitative estimate of drug-likeness (QED) is 0.811. The summed E-state index contributed by atoms with van der Waals surface area (Å²) in [5.41, 5.74) is 1.67. The summed E-state index contributed by atoms with van der Waals surface area (Å²) in [7, 11) is 0. The molecule has 1 nitrogen and oxygen atoms in total. The summed E-state index contributed by atoms with van der Waals surface area (Å²) in [6.45, 7) is 0.889. The van der Waals surface area contributed by atoms with Gasteiger partial charge in [0.2, 0.25) is 0 Å². The summed E-state index contributed by atoms with van der Waals surface area (Å²) in [4.78, 5) is 1.17.